The summed E-state index contributed by atoms with van der Waals surface area (Å²) in [7, 11) is 0. The molecule has 0 aliphatic carbocycles. The zero-order chi connectivity index (χ0) is 12.7. The summed E-state index contributed by atoms with van der Waals surface area (Å²) in [5.41, 5.74) is 0. The van der Waals surface area contributed by atoms with Crippen molar-refractivity contribution in [2.24, 2.45) is 0 Å². The molecule has 17 heavy (non-hydrogen) atoms. The van der Waals surface area contributed by atoms with Crippen LogP contribution in [0.15, 0.2) is 10.9 Å². The summed E-state index contributed by atoms with van der Waals surface area (Å²) in [6.45, 7) is -0.0854. The van der Waals surface area contributed by atoms with E-state index >= 15 is 0 Å². The monoisotopic (exact) mass is 244 g/mol. The van der Waals surface area contributed by atoms with E-state index in [0.29, 0.717) is 12.2 Å². The number of nitrogens with zero attached hydrogens (tertiary/aromatic N) is 2. The lowest BCUT2D eigenvalue weighted by molar-refractivity contribution is -0.146. The van der Waals surface area contributed by atoms with Crippen molar-refractivity contribution in [2.45, 2.75) is 12.5 Å². The van der Waals surface area contributed by atoms with Crippen LogP contribution in [-0.4, -0.2) is 51.5 Å². The number of aliphatic hydroxyl groups excluding tert-OH is 1. The minimum atomic E-state index is -1.61. The predicted octanol–water partition coefficient (Wildman–Crippen LogP) is -1.64. The molecule has 1 aromatic heterocycles. The van der Waals surface area contributed by atoms with E-state index in [-0.39, 0.29) is 13.1 Å². The molecular weight excluding hydrogens is 232 g/mol. The molecule has 1 aromatic rings. The van der Waals surface area contributed by atoms with Crippen LogP contribution in [0.3, 0.4) is 0 Å². The van der Waals surface area contributed by atoms with Crippen molar-refractivity contribution in [1.82, 2.24) is 20.8 Å². The quantitative estimate of drug-likeness (QED) is 0.470. The molecule has 2 amide bonds. The van der Waals surface area contributed by atoms with Crippen LogP contribution in [0.4, 0.5) is 4.79 Å². The first-order chi connectivity index (χ1) is 8.09. The second kappa shape index (κ2) is 6.43. The number of hydrogen-bond acceptors (Lipinski definition) is 6. The topological polar surface area (TPSA) is 138 Å². The Labute approximate surface area is 95.8 Å². The lowest BCUT2D eigenvalue weighted by atomic mass is 10.3. The van der Waals surface area contributed by atoms with E-state index in [1.807, 2.05) is 0 Å². The standard InChI is InChI=1S/C8H12N4O5/c13-5(7(14)15)3-10-8(16)9-2-1-6-11-4-17-12-6/h4-5,13H,1-3H2,(H,14,15)(H2,9,10,16)/t5-/m0/s1. The van der Waals surface area contributed by atoms with E-state index in [1.165, 1.54) is 6.39 Å². The van der Waals surface area contributed by atoms with Gasteiger partial charge in [-0.25, -0.2) is 9.59 Å². The summed E-state index contributed by atoms with van der Waals surface area (Å²) < 4.78 is 4.49. The maximum absolute atomic E-state index is 11.1. The summed E-state index contributed by atoms with van der Waals surface area (Å²) in [6.07, 6.45) is -0.0396. The zero-order valence-corrected chi connectivity index (χ0v) is 8.79. The minimum Gasteiger partial charge on any atom is -0.479 e. The van der Waals surface area contributed by atoms with Crippen molar-refractivity contribution in [3.8, 4) is 0 Å². The van der Waals surface area contributed by atoms with E-state index in [2.05, 4.69) is 25.3 Å². The molecule has 0 saturated heterocycles. The highest BCUT2D eigenvalue weighted by Crippen LogP contribution is 1.87. The number of rotatable bonds is 6. The third-order valence-electron chi connectivity index (χ3n) is 1.78. The smallest absolute Gasteiger partial charge is 0.334 e. The number of aliphatic carboxylic acids is 1. The number of amides is 2. The van der Waals surface area contributed by atoms with Gasteiger partial charge in [-0.2, -0.15) is 4.98 Å². The van der Waals surface area contributed by atoms with Gasteiger partial charge in [-0.05, 0) is 0 Å². The van der Waals surface area contributed by atoms with Crippen LogP contribution in [-0.2, 0) is 11.2 Å². The Morgan fingerprint density at radius 1 is 1.47 bits per heavy atom. The fourth-order valence-corrected chi connectivity index (χ4v) is 0.930. The molecule has 0 aromatic carbocycles. The van der Waals surface area contributed by atoms with Crippen molar-refractivity contribution >= 4 is 12.0 Å². The Bertz CT molecular complexity index is 366. The van der Waals surface area contributed by atoms with E-state index in [9.17, 15) is 9.59 Å². The fourth-order valence-electron chi connectivity index (χ4n) is 0.930. The Morgan fingerprint density at radius 3 is 2.82 bits per heavy atom. The lowest BCUT2D eigenvalue weighted by Gasteiger charge is -2.08. The van der Waals surface area contributed by atoms with Crippen LogP contribution in [0.5, 0.6) is 0 Å². The van der Waals surface area contributed by atoms with Crippen molar-refractivity contribution in [3.05, 3.63) is 12.2 Å². The molecule has 0 saturated carbocycles. The average molecular weight is 244 g/mol. The minimum absolute atomic E-state index is 0.272. The highest BCUT2D eigenvalue weighted by Gasteiger charge is 2.13. The summed E-state index contributed by atoms with van der Waals surface area (Å²) in [5.74, 6) is -0.937. The number of urea groups is 1. The number of aromatic nitrogens is 2. The van der Waals surface area contributed by atoms with Crippen LogP contribution >= 0.6 is 0 Å². The summed E-state index contributed by atoms with van der Waals surface area (Å²) in [6, 6.07) is -0.575. The third kappa shape index (κ3) is 4.93. The number of carbonyl (C=O) groups is 2. The highest BCUT2D eigenvalue weighted by atomic mass is 16.5. The molecule has 1 heterocycles. The Morgan fingerprint density at radius 2 is 2.24 bits per heavy atom. The second-order valence-corrected chi connectivity index (χ2v) is 3.09. The molecule has 0 bridgehead atoms. The molecular formula is C8H12N4O5. The Balaban J connectivity index is 2.11. The van der Waals surface area contributed by atoms with Gasteiger partial charge in [0, 0.05) is 13.0 Å². The van der Waals surface area contributed by atoms with E-state index < -0.39 is 18.1 Å². The third-order valence-corrected chi connectivity index (χ3v) is 1.78. The number of carbonyl (C=O) groups excluding carboxylic acids is 1. The molecule has 0 spiro atoms. The van der Waals surface area contributed by atoms with Gasteiger partial charge in [0.25, 0.3) is 0 Å². The van der Waals surface area contributed by atoms with Crippen molar-refractivity contribution in [3.63, 3.8) is 0 Å². The summed E-state index contributed by atoms with van der Waals surface area (Å²) in [5, 5.41) is 25.4. The predicted molar refractivity (Wildman–Crippen MR) is 53.0 cm³/mol. The molecule has 1 rings (SSSR count). The van der Waals surface area contributed by atoms with Crippen molar-refractivity contribution in [1.29, 1.82) is 0 Å². The SMILES string of the molecule is O=C(NCCc1ncon1)NC[C@H](O)C(=O)O. The van der Waals surface area contributed by atoms with Crippen LogP contribution < -0.4 is 10.6 Å². The van der Waals surface area contributed by atoms with Crippen LogP contribution in [0.2, 0.25) is 0 Å². The summed E-state index contributed by atoms with van der Waals surface area (Å²) in [4.78, 5) is 25.1. The van der Waals surface area contributed by atoms with Crippen LogP contribution in [0.1, 0.15) is 5.82 Å². The van der Waals surface area contributed by atoms with Gasteiger partial charge in [0.2, 0.25) is 6.39 Å². The molecule has 0 aliphatic heterocycles. The first-order valence-electron chi connectivity index (χ1n) is 4.77. The van der Waals surface area contributed by atoms with Crippen molar-refractivity contribution in [2.75, 3.05) is 13.1 Å². The zero-order valence-electron chi connectivity index (χ0n) is 8.79. The number of nitrogens with one attached hydrogen (secondary N) is 2. The fraction of sp³-hybridized carbons (Fsp3) is 0.500. The lowest BCUT2D eigenvalue weighted by Crippen LogP contribution is -2.42. The first-order valence-corrected chi connectivity index (χ1v) is 4.77. The van der Waals surface area contributed by atoms with Gasteiger partial charge >= 0.3 is 12.0 Å². The van der Waals surface area contributed by atoms with Crippen LogP contribution in [0.25, 0.3) is 0 Å². The Hall–Kier alpha value is -2.16. The number of aliphatic hydroxyl groups is 1. The number of carboxylic acids is 1. The molecule has 0 fully saturated rings. The maximum Gasteiger partial charge on any atom is 0.334 e. The number of carboxylic acid groups (broad SMARTS) is 1. The van der Waals surface area contributed by atoms with Gasteiger partial charge in [0.05, 0.1) is 6.54 Å². The molecule has 0 radical (unpaired) electrons. The maximum atomic E-state index is 11.1. The summed E-state index contributed by atoms with van der Waals surface area (Å²) >= 11 is 0. The molecule has 9 nitrogen and oxygen atoms in total. The highest BCUT2D eigenvalue weighted by molar-refractivity contribution is 5.76. The van der Waals surface area contributed by atoms with Gasteiger partial charge < -0.3 is 25.4 Å². The van der Waals surface area contributed by atoms with E-state index in [1.54, 1.807) is 0 Å². The van der Waals surface area contributed by atoms with E-state index in [4.69, 9.17) is 10.2 Å². The molecule has 9 heteroatoms. The second-order valence-electron chi connectivity index (χ2n) is 3.09. The van der Waals surface area contributed by atoms with Gasteiger partial charge in [-0.15, -0.1) is 0 Å². The van der Waals surface area contributed by atoms with Crippen LogP contribution in [0, 0.1) is 0 Å². The van der Waals surface area contributed by atoms with Gasteiger partial charge in [-0.3, -0.25) is 0 Å². The first kappa shape index (κ1) is 12.9. The van der Waals surface area contributed by atoms with Crippen molar-refractivity contribution < 1.29 is 24.3 Å². The molecule has 0 aliphatic rings. The molecule has 0 unspecified atom stereocenters. The van der Waals surface area contributed by atoms with E-state index in [0.717, 1.165) is 0 Å². The number of hydrogen-bond donors (Lipinski definition) is 4. The van der Waals surface area contributed by atoms with Gasteiger partial charge in [0.1, 0.15) is 0 Å². The van der Waals surface area contributed by atoms with Gasteiger partial charge in [-0.1, -0.05) is 5.16 Å². The average Bonchev–Trinajstić information content (AvgIpc) is 2.78. The normalized spacial score (nSPS) is 11.8. The van der Waals surface area contributed by atoms with Gasteiger partial charge in [0.15, 0.2) is 11.9 Å². The Kier molecular flexibility index (Phi) is 4.88. The largest absolute Gasteiger partial charge is 0.479 e. The molecule has 1 atom stereocenters. The molecule has 4 N–H and O–H groups in total. The molecule has 94 valence electrons.